The second-order valence-electron chi connectivity index (χ2n) is 18.7. The molecule has 0 saturated heterocycles. The van der Waals surface area contributed by atoms with E-state index in [1.807, 2.05) is 91.0 Å². The number of aliphatic hydroxyl groups is 2. The van der Waals surface area contributed by atoms with Gasteiger partial charge in [0, 0.05) is 48.8 Å². The molecule has 73 heavy (non-hydrogen) atoms. The highest BCUT2D eigenvalue weighted by molar-refractivity contribution is 6.03. The van der Waals surface area contributed by atoms with Crippen molar-refractivity contribution in [2.24, 2.45) is 22.9 Å². The predicted molar refractivity (Wildman–Crippen MR) is 277 cm³/mol. The summed E-state index contributed by atoms with van der Waals surface area (Å²) in [5.41, 5.74) is 4.32. The van der Waals surface area contributed by atoms with Crippen LogP contribution in [0.3, 0.4) is 0 Å². The number of unbranched alkanes of at least 4 members (excludes halogenated alkanes) is 2. The number of benzene rings is 6. The van der Waals surface area contributed by atoms with Gasteiger partial charge in [0.05, 0.1) is 29.7 Å². The number of aliphatic hydroxyl groups excluding tert-OH is 2. The van der Waals surface area contributed by atoms with Crippen molar-refractivity contribution in [3.05, 3.63) is 196 Å². The lowest BCUT2D eigenvalue weighted by Gasteiger charge is -2.59. The molecule has 376 valence electrons. The fourth-order valence-electron chi connectivity index (χ4n) is 11.0. The van der Waals surface area contributed by atoms with Crippen LogP contribution in [0.15, 0.2) is 169 Å². The summed E-state index contributed by atoms with van der Waals surface area (Å²) in [5, 5.41) is 38.7. The van der Waals surface area contributed by atoms with Crippen LogP contribution in [-0.4, -0.2) is 69.8 Å². The van der Waals surface area contributed by atoms with Gasteiger partial charge in [-0.15, -0.1) is 6.58 Å². The van der Waals surface area contributed by atoms with Crippen molar-refractivity contribution < 1.29 is 48.5 Å². The molecule has 0 spiro atoms. The summed E-state index contributed by atoms with van der Waals surface area (Å²) in [6.45, 7) is 4.38. The molecule has 6 aromatic carbocycles. The fraction of sp³-hybridized carbons (Fsp3) is 0.305. The van der Waals surface area contributed by atoms with Crippen LogP contribution in [0.1, 0.15) is 77.9 Å². The molecule has 0 radical (unpaired) electrons. The molecule has 9 rings (SSSR count). The van der Waals surface area contributed by atoms with Gasteiger partial charge in [-0.1, -0.05) is 115 Å². The topological polar surface area (TPSA) is 179 Å². The molecule has 14 heteroatoms. The Morgan fingerprint density at radius 1 is 0.849 bits per heavy atom. The first-order valence-electron chi connectivity index (χ1n) is 24.9. The number of carbonyl (C=O) groups excluding carboxylic acids is 2. The Balaban J connectivity index is 1.27. The standard InChI is InChI=1S/C59H59N3O11/c1-2-32-69-59-55(61(37-44-20-13-19-42-17-6-7-22-49(42)44)58(66)72-46-26-24-45(25-27-46)62(67)68)36-53(60-70-39-40-14-4-3-5-15-40)51-34-43(18-8-10-30-63)50(23-9-11-31-64)56(57(51)59)52-35-48(28-29-54(52)73-59)71-47-21-12-16-41(33-47)38-65/h2-7,12-17,19-22,24-29,33-35,38,43,50,55-57,63-64H,1,8-11,18,23,30-32,36-37,39H2. The number of nitro benzene ring substituents is 1. The van der Waals surface area contributed by atoms with Crippen molar-refractivity contribution in [2.45, 2.75) is 75.8 Å². The number of rotatable bonds is 22. The van der Waals surface area contributed by atoms with Crippen molar-refractivity contribution in [3.8, 4) is 23.0 Å². The van der Waals surface area contributed by atoms with E-state index in [9.17, 15) is 25.1 Å². The van der Waals surface area contributed by atoms with Gasteiger partial charge < -0.3 is 34.0 Å². The molecular weight excluding hydrogens is 927 g/mol. The minimum absolute atomic E-state index is 0.0260. The number of ether oxygens (including phenoxy) is 4. The molecule has 1 amide bonds. The quantitative estimate of drug-likeness (QED) is 0.0217. The van der Waals surface area contributed by atoms with E-state index in [1.54, 1.807) is 35.2 Å². The fourth-order valence-corrected chi connectivity index (χ4v) is 11.0. The van der Waals surface area contributed by atoms with E-state index in [0.717, 1.165) is 58.6 Å². The highest BCUT2D eigenvalue weighted by atomic mass is 16.7. The van der Waals surface area contributed by atoms with Crippen LogP contribution in [0.5, 0.6) is 23.0 Å². The molecular formula is C59H59N3O11. The zero-order chi connectivity index (χ0) is 50.7. The molecule has 2 aliphatic carbocycles. The number of fused-ring (bicyclic) bond motifs is 3. The molecule has 6 aromatic rings. The third-order valence-corrected chi connectivity index (χ3v) is 14.2. The van der Waals surface area contributed by atoms with Crippen LogP contribution in [0.25, 0.3) is 10.8 Å². The number of oxime groups is 1. The van der Waals surface area contributed by atoms with E-state index < -0.39 is 28.8 Å². The monoisotopic (exact) mass is 985 g/mol. The first-order chi connectivity index (χ1) is 35.7. The zero-order valence-electron chi connectivity index (χ0n) is 40.5. The molecule has 3 aliphatic rings. The van der Waals surface area contributed by atoms with Gasteiger partial charge in [0.15, 0.2) is 0 Å². The number of hydrogen-bond donors (Lipinski definition) is 2. The van der Waals surface area contributed by atoms with E-state index in [0.29, 0.717) is 47.8 Å². The number of nitro groups is 1. The van der Waals surface area contributed by atoms with Gasteiger partial charge in [-0.3, -0.25) is 19.8 Å². The zero-order valence-corrected chi connectivity index (χ0v) is 40.5. The minimum atomic E-state index is -1.64. The number of aldehydes is 1. The van der Waals surface area contributed by atoms with Crippen LogP contribution in [0.4, 0.5) is 10.5 Å². The summed E-state index contributed by atoms with van der Waals surface area (Å²) in [6, 6.07) is 40.6. The lowest BCUT2D eigenvalue weighted by molar-refractivity contribution is -0.384. The molecule has 2 N–H and O–H groups in total. The summed E-state index contributed by atoms with van der Waals surface area (Å²) in [6.07, 6.45) is 8.17. The Bertz CT molecular complexity index is 2970. The molecule has 0 bridgehead atoms. The first kappa shape index (κ1) is 50.3. The maximum absolute atomic E-state index is 15.4. The van der Waals surface area contributed by atoms with Gasteiger partial charge in [0.2, 0.25) is 5.79 Å². The highest BCUT2D eigenvalue weighted by Gasteiger charge is 2.66. The van der Waals surface area contributed by atoms with Crippen molar-refractivity contribution in [3.63, 3.8) is 0 Å². The normalized spacial score (nSPS) is 21.2. The number of hydrogen-bond acceptors (Lipinski definition) is 12. The van der Waals surface area contributed by atoms with Crippen molar-refractivity contribution in [2.75, 3.05) is 19.8 Å². The molecule has 0 aromatic heterocycles. The van der Waals surface area contributed by atoms with Gasteiger partial charge >= 0.3 is 6.09 Å². The number of allylic oxidation sites excluding steroid dienone is 1. The largest absolute Gasteiger partial charge is 0.459 e. The van der Waals surface area contributed by atoms with Crippen LogP contribution in [0.2, 0.25) is 0 Å². The smallest absolute Gasteiger partial charge is 0.416 e. The highest BCUT2D eigenvalue weighted by Crippen LogP contribution is 2.62. The van der Waals surface area contributed by atoms with Gasteiger partial charge in [0.1, 0.15) is 41.9 Å². The molecule has 1 saturated carbocycles. The lowest BCUT2D eigenvalue weighted by Crippen LogP contribution is -2.70. The predicted octanol–water partition coefficient (Wildman–Crippen LogP) is 11.9. The third kappa shape index (κ3) is 11.1. The number of amides is 1. The van der Waals surface area contributed by atoms with Crippen molar-refractivity contribution in [1.82, 2.24) is 4.90 Å². The summed E-state index contributed by atoms with van der Waals surface area (Å²) < 4.78 is 27.4. The number of nitrogens with zero attached hydrogens (tertiary/aromatic N) is 3. The van der Waals surface area contributed by atoms with Crippen LogP contribution >= 0.6 is 0 Å². The van der Waals surface area contributed by atoms with E-state index in [2.05, 4.69) is 12.7 Å². The van der Waals surface area contributed by atoms with Gasteiger partial charge in [-0.2, -0.15) is 0 Å². The van der Waals surface area contributed by atoms with Crippen molar-refractivity contribution in [1.29, 1.82) is 0 Å². The molecule has 1 fully saturated rings. The summed E-state index contributed by atoms with van der Waals surface area (Å²) in [7, 11) is 0. The second kappa shape index (κ2) is 23.3. The van der Waals surface area contributed by atoms with Gasteiger partial charge in [0.25, 0.3) is 5.69 Å². The minimum Gasteiger partial charge on any atom is -0.459 e. The molecule has 6 unspecified atom stereocenters. The Morgan fingerprint density at radius 3 is 2.34 bits per heavy atom. The number of non-ortho nitro benzene ring substituents is 1. The summed E-state index contributed by atoms with van der Waals surface area (Å²) >= 11 is 0. The maximum Gasteiger partial charge on any atom is 0.416 e. The van der Waals surface area contributed by atoms with Crippen LogP contribution < -0.4 is 14.2 Å². The average Bonchev–Trinajstić information content (AvgIpc) is 3.42. The van der Waals surface area contributed by atoms with Crippen LogP contribution in [0, 0.1) is 27.9 Å². The third-order valence-electron chi connectivity index (χ3n) is 14.2. The Hall–Kier alpha value is -7.65. The van der Waals surface area contributed by atoms with E-state index in [-0.39, 0.29) is 68.6 Å². The van der Waals surface area contributed by atoms with E-state index in [1.165, 1.54) is 24.3 Å². The SMILES string of the molecule is C=CCOC12Oc3ccc(Oc4cccc(C=O)c4)cc3C3C(CCCCO)C(CCCCO)C=C(C(=NOCc4ccccc4)CC1N(Cc1cccc4ccccc14)C(=O)Oc1ccc([N+](=O)[O-])cc1)C32. The lowest BCUT2D eigenvalue weighted by atomic mass is 9.55. The first-order valence-corrected chi connectivity index (χ1v) is 24.9. The Kier molecular flexibility index (Phi) is 16.0. The van der Waals surface area contributed by atoms with Gasteiger partial charge in [-0.25, -0.2) is 4.79 Å². The summed E-state index contributed by atoms with van der Waals surface area (Å²) in [4.78, 5) is 46.3. The van der Waals surface area contributed by atoms with E-state index in [4.69, 9.17) is 28.9 Å². The second-order valence-corrected chi connectivity index (χ2v) is 18.7. The Morgan fingerprint density at radius 2 is 1.58 bits per heavy atom. The summed E-state index contributed by atoms with van der Waals surface area (Å²) in [5.74, 6) is -1.16. The van der Waals surface area contributed by atoms with Crippen molar-refractivity contribution >= 4 is 34.6 Å². The molecule has 1 heterocycles. The maximum atomic E-state index is 15.4. The molecule has 6 atom stereocenters. The van der Waals surface area contributed by atoms with Crippen LogP contribution in [-0.2, 0) is 22.7 Å². The number of carbonyl (C=O) groups is 2. The van der Waals surface area contributed by atoms with Gasteiger partial charge in [-0.05, 0) is 107 Å². The Labute approximate surface area is 424 Å². The molecule has 14 nitrogen and oxygen atoms in total. The van der Waals surface area contributed by atoms with E-state index >= 15 is 4.79 Å². The molecule has 1 aliphatic heterocycles. The average molecular weight is 986 g/mol.